The average Bonchev–Trinajstić information content (AvgIpc) is 2.61. The Kier molecular flexibility index (Phi) is 6.39. The van der Waals surface area contributed by atoms with E-state index in [1.807, 2.05) is 38.1 Å². The maximum Gasteiger partial charge on any atom is 0.338 e. The molecule has 0 saturated heterocycles. The maximum absolute atomic E-state index is 12.0. The maximum atomic E-state index is 12.0. The fourth-order valence-corrected chi connectivity index (χ4v) is 2.04. The first-order valence-corrected chi connectivity index (χ1v) is 8.05. The fourth-order valence-electron chi connectivity index (χ4n) is 2.04. The summed E-state index contributed by atoms with van der Waals surface area (Å²) >= 11 is 0. The number of hydrogen-bond acceptors (Lipinski definition) is 5. The number of benzene rings is 2. The van der Waals surface area contributed by atoms with Gasteiger partial charge in [-0.2, -0.15) is 0 Å². The quantitative estimate of drug-likeness (QED) is 0.596. The first-order chi connectivity index (χ1) is 12.0. The van der Waals surface area contributed by atoms with Gasteiger partial charge in [0.1, 0.15) is 5.75 Å². The molecule has 0 saturated carbocycles. The summed E-state index contributed by atoms with van der Waals surface area (Å²) in [5.74, 6) is -0.497. The van der Waals surface area contributed by atoms with E-state index < -0.39 is 5.97 Å². The number of nitrogens with two attached hydrogens (primary N) is 1. The Morgan fingerprint density at radius 3 is 2.52 bits per heavy atom. The number of rotatable bonds is 7. The third-order valence-corrected chi connectivity index (χ3v) is 3.38. The second-order valence-electron chi connectivity index (χ2n) is 5.59. The molecule has 0 atom stereocenters. The molecule has 0 unspecified atom stereocenters. The van der Waals surface area contributed by atoms with Gasteiger partial charge in [-0.1, -0.05) is 24.6 Å². The second kappa shape index (κ2) is 8.73. The van der Waals surface area contributed by atoms with Gasteiger partial charge in [0, 0.05) is 5.69 Å². The summed E-state index contributed by atoms with van der Waals surface area (Å²) in [6, 6.07) is 12.0. The Morgan fingerprint density at radius 1 is 1.12 bits per heavy atom. The van der Waals surface area contributed by atoms with Gasteiger partial charge in [-0.05, 0) is 43.7 Å². The van der Waals surface area contributed by atoms with Crippen molar-refractivity contribution < 1.29 is 19.1 Å². The fraction of sp³-hybridized carbons (Fsp3) is 0.263. The Morgan fingerprint density at radius 2 is 1.84 bits per heavy atom. The zero-order valence-corrected chi connectivity index (χ0v) is 14.4. The minimum atomic E-state index is -0.448. The minimum absolute atomic E-state index is 0.217. The molecule has 6 heteroatoms. The smallest absolute Gasteiger partial charge is 0.338 e. The number of hydrogen-bond donors (Lipinski definition) is 2. The van der Waals surface area contributed by atoms with Crippen molar-refractivity contribution in [2.45, 2.75) is 20.3 Å². The summed E-state index contributed by atoms with van der Waals surface area (Å²) in [5.41, 5.74) is 8.30. The lowest BCUT2D eigenvalue weighted by atomic mass is 10.2. The number of ether oxygens (including phenoxy) is 2. The zero-order chi connectivity index (χ0) is 18.2. The van der Waals surface area contributed by atoms with Crippen molar-refractivity contribution in [2.24, 2.45) is 0 Å². The topological polar surface area (TPSA) is 90.7 Å². The van der Waals surface area contributed by atoms with E-state index in [1.54, 1.807) is 12.1 Å². The Hall–Kier alpha value is -3.02. The van der Waals surface area contributed by atoms with Crippen molar-refractivity contribution in [3.05, 3.63) is 53.6 Å². The first-order valence-electron chi connectivity index (χ1n) is 8.05. The molecule has 2 aromatic carbocycles. The Bertz CT molecular complexity index is 742. The van der Waals surface area contributed by atoms with Gasteiger partial charge in [-0.25, -0.2) is 4.79 Å². The standard InChI is InChI=1S/C19H22N2O4/c1-3-10-24-19(23)14-6-9-16(20)17(11-14)25-12-18(22)21-15-7-4-13(2)5-8-15/h4-9,11H,3,10,12,20H2,1-2H3,(H,21,22). The molecule has 0 aliphatic heterocycles. The van der Waals surface area contributed by atoms with Crippen LogP contribution in [0.1, 0.15) is 29.3 Å². The van der Waals surface area contributed by atoms with Gasteiger partial charge in [-0.15, -0.1) is 0 Å². The van der Waals surface area contributed by atoms with Gasteiger partial charge in [-0.3, -0.25) is 4.79 Å². The highest BCUT2D eigenvalue weighted by Crippen LogP contribution is 2.23. The monoisotopic (exact) mass is 342 g/mol. The normalized spacial score (nSPS) is 10.2. The molecule has 0 bridgehead atoms. The lowest BCUT2D eigenvalue weighted by molar-refractivity contribution is -0.118. The van der Waals surface area contributed by atoms with E-state index in [1.165, 1.54) is 6.07 Å². The Balaban J connectivity index is 1.96. The van der Waals surface area contributed by atoms with E-state index in [0.29, 0.717) is 23.5 Å². The summed E-state index contributed by atoms with van der Waals surface area (Å²) < 4.78 is 10.5. The van der Waals surface area contributed by atoms with Gasteiger partial charge >= 0.3 is 5.97 Å². The molecule has 2 rings (SSSR count). The predicted octanol–water partition coefficient (Wildman–Crippen LogP) is 3.16. The first kappa shape index (κ1) is 18.3. The number of carbonyl (C=O) groups is 2. The molecule has 0 radical (unpaired) electrons. The van der Waals surface area contributed by atoms with E-state index in [9.17, 15) is 9.59 Å². The van der Waals surface area contributed by atoms with Gasteiger partial charge in [0.2, 0.25) is 0 Å². The van der Waals surface area contributed by atoms with Crippen molar-refractivity contribution in [3.63, 3.8) is 0 Å². The molecular weight excluding hydrogens is 320 g/mol. The van der Waals surface area contributed by atoms with Crippen molar-refractivity contribution in [1.82, 2.24) is 0 Å². The van der Waals surface area contributed by atoms with Crippen molar-refractivity contribution >= 4 is 23.3 Å². The highest BCUT2D eigenvalue weighted by molar-refractivity contribution is 5.92. The average molecular weight is 342 g/mol. The van der Waals surface area contributed by atoms with Gasteiger partial charge in [0.15, 0.2) is 6.61 Å². The number of nitrogen functional groups attached to an aromatic ring is 1. The molecule has 25 heavy (non-hydrogen) atoms. The molecule has 6 nitrogen and oxygen atoms in total. The molecule has 0 aliphatic carbocycles. The summed E-state index contributed by atoms with van der Waals surface area (Å²) in [6.45, 7) is 4.01. The highest BCUT2D eigenvalue weighted by Gasteiger charge is 2.12. The highest BCUT2D eigenvalue weighted by atomic mass is 16.5. The van der Waals surface area contributed by atoms with Gasteiger partial charge < -0.3 is 20.5 Å². The molecule has 0 aliphatic rings. The van der Waals surface area contributed by atoms with Crippen molar-refractivity contribution in [2.75, 3.05) is 24.3 Å². The molecule has 0 fully saturated rings. The summed E-state index contributed by atoms with van der Waals surface area (Å²) in [6.07, 6.45) is 0.739. The molecule has 2 aromatic rings. The van der Waals surface area contributed by atoms with E-state index in [4.69, 9.17) is 15.2 Å². The molecule has 0 spiro atoms. The number of nitrogens with one attached hydrogen (secondary N) is 1. The second-order valence-corrected chi connectivity index (χ2v) is 5.59. The molecule has 0 heterocycles. The third kappa shape index (κ3) is 5.53. The van der Waals surface area contributed by atoms with Crippen LogP contribution in [0.25, 0.3) is 0 Å². The molecular formula is C19H22N2O4. The van der Waals surface area contributed by atoms with Crippen LogP contribution in [0.4, 0.5) is 11.4 Å². The van der Waals surface area contributed by atoms with Crippen LogP contribution < -0.4 is 15.8 Å². The number of anilines is 2. The summed E-state index contributed by atoms with van der Waals surface area (Å²) in [5, 5.41) is 2.73. The van der Waals surface area contributed by atoms with Crippen LogP contribution in [0.15, 0.2) is 42.5 Å². The van der Waals surface area contributed by atoms with Crippen molar-refractivity contribution in [1.29, 1.82) is 0 Å². The van der Waals surface area contributed by atoms with Gasteiger partial charge in [0.25, 0.3) is 5.91 Å². The third-order valence-electron chi connectivity index (χ3n) is 3.38. The van der Waals surface area contributed by atoms with Crippen LogP contribution in [-0.2, 0) is 9.53 Å². The van der Waals surface area contributed by atoms with Crippen LogP contribution in [0, 0.1) is 6.92 Å². The largest absolute Gasteiger partial charge is 0.482 e. The number of carbonyl (C=O) groups excluding carboxylic acids is 2. The lowest BCUT2D eigenvalue weighted by Gasteiger charge is -2.11. The molecule has 0 aromatic heterocycles. The van der Waals surface area contributed by atoms with Crippen LogP contribution in [-0.4, -0.2) is 25.1 Å². The van der Waals surface area contributed by atoms with Crippen molar-refractivity contribution in [3.8, 4) is 5.75 Å². The van der Waals surface area contributed by atoms with Crippen LogP contribution in [0.2, 0.25) is 0 Å². The van der Waals surface area contributed by atoms with Crippen LogP contribution in [0.3, 0.4) is 0 Å². The molecule has 1 amide bonds. The SMILES string of the molecule is CCCOC(=O)c1ccc(N)c(OCC(=O)Nc2ccc(C)cc2)c1. The molecule has 132 valence electrons. The number of esters is 1. The van der Waals surface area contributed by atoms with E-state index in [2.05, 4.69) is 5.32 Å². The summed E-state index contributed by atoms with van der Waals surface area (Å²) in [4.78, 5) is 23.8. The predicted molar refractivity (Wildman–Crippen MR) is 96.7 cm³/mol. The van der Waals surface area contributed by atoms with Crippen LogP contribution >= 0.6 is 0 Å². The van der Waals surface area contributed by atoms with Crippen LogP contribution in [0.5, 0.6) is 5.75 Å². The van der Waals surface area contributed by atoms with E-state index in [0.717, 1.165) is 12.0 Å². The lowest BCUT2D eigenvalue weighted by Crippen LogP contribution is -2.20. The summed E-state index contributed by atoms with van der Waals surface area (Å²) in [7, 11) is 0. The van der Waals surface area contributed by atoms with Gasteiger partial charge in [0.05, 0.1) is 17.9 Å². The zero-order valence-electron chi connectivity index (χ0n) is 14.4. The minimum Gasteiger partial charge on any atom is -0.482 e. The number of aryl methyl sites for hydroxylation is 1. The Labute approximate surface area is 146 Å². The van der Waals surface area contributed by atoms with E-state index >= 15 is 0 Å². The van der Waals surface area contributed by atoms with E-state index in [-0.39, 0.29) is 18.3 Å². The number of amides is 1. The molecule has 3 N–H and O–H groups in total.